The van der Waals surface area contributed by atoms with Gasteiger partial charge in [0.05, 0.1) is 5.75 Å². The van der Waals surface area contributed by atoms with Gasteiger partial charge in [0.1, 0.15) is 11.5 Å². The number of primary amides is 1. The Balaban J connectivity index is 1.83. The Labute approximate surface area is 188 Å². The molecule has 0 aliphatic heterocycles. The fourth-order valence-corrected chi connectivity index (χ4v) is 3.38. The quantitative estimate of drug-likeness (QED) is 0.360. The molecule has 0 saturated carbocycles. The highest BCUT2D eigenvalue weighted by molar-refractivity contribution is 8.00. The third-order valence-electron chi connectivity index (χ3n) is 4.18. The number of benzene rings is 3. The van der Waals surface area contributed by atoms with Crippen molar-refractivity contribution in [3.63, 3.8) is 0 Å². The van der Waals surface area contributed by atoms with Crippen molar-refractivity contribution in [2.24, 2.45) is 5.73 Å². The summed E-state index contributed by atoms with van der Waals surface area (Å²) in [6.07, 6.45) is 1.46. The van der Waals surface area contributed by atoms with Gasteiger partial charge < -0.3 is 16.4 Å². The lowest BCUT2D eigenvalue weighted by atomic mass is 10.1. The Bertz CT molecular complexity index is 1150. The molecule has 0 aliphatic rings. The summed E-state index contributed by atoms with van der Waals surface area (Å²) in [5, 5.41) is 5.35. The van der Waals surface area contributed by atoms with E-state index in [9.17, 15) is 18.8 Å². The van der Waals surface area contributed by atoms with E-state index < -0.39 is 23.5 Å². The first-order valence-corrected chi connectivity index (χ1v) is 10.6. The van der Waals surface area contributed by atoms with Gasteiger partial charge in [0, 0.05) is 16.1 Å². The summed E-state index contributed by atoms with van der Waals surface area (Å²) in [5.41, 5.74) is 6.56. The normalized spacial score (nSPS) is 11.0. The zero-order valence-corrected chi connectivity index (χ0v) is 17.7. The molecule has 0 aliphatic carbocycles. The van der Waals surface area contributed by atoms with Gasteiger partial charge in [0.2, 0.25) is 5.91 Å². The Kier molecular flexibility index (Phi) is 7.77. The SMILES string of the molecule is NC(=O)CSc1cccc(NC(=O)/C(=C/c2ccc(F)cc2)NC(=O)c2ccccc2)c1. The predicted molar refractivity (Wildman–Crippen MR) is 123 cm³/mol. The monoisotopic (exact) mass is 449 g/mol. The minimum absolute atomic E-state index is 0.0133. The molecule has 3 aromatic carbocycles. The Morgan fingerprint density at radius 1 is 0.938 bits per heavy atom. The molecule has 0 heterocycles. The van der Waals surface area contributed by atoms with Crippen LogP contribution in [0.15, 0.2) is 89.5 Å². The van der Waals surface area contributed by atoms with E-state index >= 15 is 0 Å². The molecule has 162 valence electrons. The number of halogens is 1. The summed E-state index contributed by atoms with van der Waals surface area (Å²) >= 11 is 1.24. The van der Waals surface area contributed by atoms with E-state index in [1.54, 1.807) is 54.6 Å². The van der Waals surface area contributed by atoms with Crippen LogP contribution in [0.25, 0.3) is 6.08 Å². The van der Waals surface area contributed by atoms with Gasteiger partial charge in [-0.05, 0) is 54.1 Å². The van der Waals surface area contributed by atoms with Crippen molar-refractivity contribution in [3.05, 3.63) is 102 Å². The van der Waals surface area contributed by atoms with Crippen molar-refractivity contribution in [1.82, 2.24) is 5.32 Å². The average molecular weight is 450 g/mol. The maximum atomic E-state index is 13.3. The minimum atomic E-state index is -0.560. The van der Waals surface area contributed by atoms with Crippen LogP contribution in [-0.4, -0.2) is 23.5 Å². The first kappa shape index (κ1) is 22.8. The molecule has 0 unspecified atom stereocenters. The molecule has 0 atom stereocenters. The number of amides is 3. The number of anilines is 1. The molecule has 0 bridgehead atoms. The number of hydrogen-bond acceptors (Lipinski definition) is 4. The molecule has 0 saturated heterocycles. The lowest BCUT2D eigenvalue weighted by Gasteiger charge is -2.12. The smallest absolute Gasteiger partial charge is 0.272 e. The first-order valence-electron chi connectivity index (χ1n) is 9.57. The van der Waals surface area contributed by atoms with E-state index in [2.05, 4.69) is 10.6 Å². The maximum absolute atomic E-state index is 13.3. The van der Waals surface area contributed by atoms with Crippen LogP contribution in [0.2, 0.25) is 0 Å². The third-order valence-corrected chi connectivity index (χ3v) is 5.20. The number of nitrogens with two attached hydrogens (primary N) is 1. The Morgan fingerprint density at radius 2 is 1.66 bits per heavy atom. The molecular formula is C24H20FN3O3S. The van der Waals surface area contributed by atoms with Crippen LogP contribution in [-0.2, 0) is 9.59 Å². The molecule has 8 heteroatoms. The number of carbonyl (C=O) groups is 3. The molecule has 3 aromatic rings. The van der Waals surface area contributed by atoms with Gasteiger partial charge in [-0.2, -0.15) is 0 Å². The Morgan fingerprint density at radius 3 is 2.34 bits per heavy atom. The molecule has 32 heavy (non-hydrogen) atoms. The molecule has 0 fully saturated rings. The van der Waals surface area contributed by atoms with Crippen LogP contribution in [0.5, 0.6) is 0 Å². The van der Waals surface area contributed by atoms with E-state index in [1.165, 1.54) is 42.1 Å². The second-order valence-corrected chi connectivity index (χ2v) is 7.72. The number of rotatable bonds is 8. The van der Waals surface area contributed by atoms with Crippen LogP contribution in [0.1, 0.15) is 15.9 Å². The number of thioether (sulfide) groups is 1. The fraction of sp³-hybridized carbons (Fsp3) is 0.0417. The summed E-state index contributed by atoms with van der Waals surface area (Å²) in [4.78, 5) is 37.3. The van der Waals surface area contributed by atoms with Crippen molar-refractivity contribution >= 4 is 41.2 Å². The maximum Gasteiger partial charge on any atom is 0.272 e. The van der Waals surface area contributed by atoms with Crippen molar-refractivity contribution in [2.45, 2.75) is 4.90 Å². The predicted octanol–water partition coefficient (Wildman–Crippen LogP) is 3.81. The van der Waals surface area contributed by atoms with Gasteiger partial charge in [0.25, 0.3) is 11.8 Å². The van der Waals surface area contributed by atoms with Crippen LogP contribution in [0.4, 0.5) is 10.1 Å². The van der Waals surface area contributed by atoms with E-state index in [0.717, 1.165) is 4.90 Å². The molecule has 6 nitrogen and oxygen atoms in total. The molecule has 0 aromatic heterocycles. The van der Waals surface area contributed by atoms with E-state index in [0.29, 0.717) is 16.8 Å². The van der Waals surface area contributed by atoms with E-state index in [1.807, 2.05) is 0 Å². The summed E-state index contributed by atoms with van der Waals surface area (Å²) in [6.45, 7) is 0. The molecule has 4 N–H and O–H groups in total. The zero-order valence-electron chi connectivity index (χ0n) is 16.9. The minimum Gasteiger partial charge on any atom is -0.369 e. The summed E-state index contributed by atoms with van der Waals surface area (Å²) in [6, 6.07) is 20.9. The van der Waals surface area contributed by atoms with Gasteiger partial charge in [0.15, 0.2) is 0 Å². The van der Waals surface area contributed by atoms with Crippen LogP contribution < -0.4 is 16.4 Å². The highest BCUT2D eigenvalue weighted by Crippen LogP contribution is 2.22. The van der Waals surface area contributed by atoms with Crippen molar-refractivity contribution < 1.29 is 18.8 Å². The summed E-state index contributed by atoms with van der Waals surface area (Å²) in [7, 11) is 0. The fourth-order valence-electron chi connectivity index (χ4n) is 2.68. The third kappa shape index (κ3) is 6.82. The average Bonchev–Trinajstić information content (AvgIpc) is 2.79. The second kappa shape index (κ2) is 10.9. The van der Waals surface area contributed by atoms with Crippen molar-refractivity contribution in [1.29, 1.82) is 0 Å². The highest BCUT2D eigenvalue weighted by atomic mass is 32.2. The van der Waals surface area contributed by atoms with E-state index in [4.69, 9.17) is 5.73 Å². The van der Waals surface area contributed by atoms with Crippen LogP contribution in [0, 0.1) is 5.82 Å². The summed E-state index contributed by atoms with van der Waals surface area (Å²) in [5.74, 6) is -1.76. The lowest BCUT2D eigenvalue weighted by molar-refractivity contribution is -0.115. The zero-order chi connectivity index (χ0) is 22.9. The van der Waals surface area contributed by atoms with Gasteiger partial charge in [-0.25, -0.2) is 4.39 Å². The van der Waals surface area contributed by atoms with Crippen molar-refractivity contribution in [3.8, 4) is 0 Å². The van der Waals surface area contributed by atoms with Gasteiger partial charge in [-0.15, -0.1) is 11.8 Å². The number of hydrogen-bond donors (Lipinski definition) is 3. The van der Waals surface area contributed by atoms with Crippen molar-refractivity contribution in [2.75, 3.05) is 11.1 Å². The highest BCUT2D eigenvalue weighted by Gasteiger charge is 2.15. The molecular weight excluding hydrogens is 429 g/mol. The summed E-state index contributed by atoms with van der Waals surface area (Å²) < 4.78 is 13.3. The van der Waals surface area contributed by atoms with Crippen LogP contribution >= 0.6 is 11.8 Å². The lowest BCUT2D eigenvalue weighted by Crippen LogP contribution is -2.30. The molecule has 3 rings (SSSR count). The van der Waals surface area contributed by atoms with E-state index in [-0.39, 0.29) is 11.4 Å². The number of carbonyl (C=O) groups excluding carboxylic acids is 3. The standard InChI is InChI=1S/C24H20FN3O3S/c25-18-11-9-16(10-12-18)13-21(28-23(30)17-5-2-1-3-6-17)24(31)27-19-7-4-8-20(14-19)32-15-22(26)29/h1-14H,15H2,(H2,26,29)(H,27,31)(H,28,30)/b21-13-. The van der Waals surface area contributed by atoms with Crippen LogP contribution in [0.3, 0.4) is 0 Å². The largest absolute Gasteiger partial charge is 0.369 e. The molecule has 0 radical (unpaired) electrons. The molecule has 3 amide bonds. The Hall–Kier alpha value is -3.91. The molecule has 0 spiro atoms. The van der Waals surface area contributed by atoms with Gasteiger partial charge >= 0.3 is 0 Å². The van der Waals surface area contributed by atoms with Gasteiger partial charge in [-0.3, -0.25) is 14.4 Å². The van der Waals surface area contributed by atoms with Gasteiger partial charge in [-0.1, -0.05) is 36.4 Å². The topological polar surface area (TPSA) is 101 Å². The number of nitrogens with one attached hydrogen (secondary N) is 2. The first-order chi connectivity index (χ1) is 15.4. The second-order valence-electron chi connectivity index (χ2n) is 6.67.